The van der Waals surface area contributed by atoms with Crippen LogP contribution in [0.25, 0.3) is 5.69 Å². The van der Waals surface area contributed by atoms with Crippen molar-refractivity contribution in [3.63, 3.8) is 0 Å². The average molecular weight is 230 g/mol. The Balaban J connectivity index is 1.83. The van der Waals surface area contributed by atoms with Gasteiger partial charge in [-0.25, -0.2) is 0 Å². The van der Waals surface area contributed by atoms with Crippen LogP contribution in [0.15, 0.2) is 24.5 Å². The molecule has 3 heterocycles. The van der Waals surface area contributed by atoms with Crippen LogP contribution in [0.1, 0.15) is 24.6 Å². The molecule has 3 rings (SSSR count). The minimum absolute atomic E-state index is 0.432. The van der Waals surface area contributed by atoms with Crippen LogP contribution in [0.4, 0.5) is 0 Å². The highest BCUT2D eigenvalue weighted by molar-refractivity contribution is 5.23. The molecular weight excluding hydrogens is 216 g/mol. The number of aromatic nitrogens is 5. The highest BCUT2D eigenvalue weighted by atomic mass is 15.6. The third kappa shape index (κ3) is 2.16. The second-order valence-electron chi connectivity index (χ2n) is 4.17. The summed E-state index contributed by atoms with van der Waals surface area (Å²) in [6, 6.07) is 3.78. The fourth-order valence-corrected chi connectivity index (χ4v) is 2.05. The van der Waals surface area contributed by atoms with Crippen molar-refractivity contribution in [3.8, 4) is 5.69 Å². The zero-order valence-corrected chi connectivity index (χ0v) is 9.45. The Bertz CT molecular complexity index is 474. The molecule has 6 heteroatoms. The average Bonchev–Trinajstić information content (AvgIpc) is 2.90. The molecule has 0 amide bonds. The normalized spacial score (nSPS) is 17.2. The Hall–Kier alpha value is -1.82. The van der Waals surface area contributed by atoms with Gasteiger partial charge in [0.05, 0.1) is 6.20 Å². The Kier molecular flexibility index (Phi) is 2.79. The molecule has 1 N–H and O–H groups in total. The molecule has 0 bridgehead atoms. The second kappa shape index (κ2) is 4.58. The quantitative estimate of drug-likeness (QED) is 0.814. The van der Waals surface area contributed by atoms with Gasteiger partial charge in [-0.05, 0) is 43.3 Å². The smallest absolute Gasteiger partial charge is 0.178 e. The number of hydrogen-bond donors (Lipinski definition) is 1. The summed E-state index contributed by atoms with van der Waals surface area (Å²) in [4.78, 5) is 5.59. The minimum atomic E-state index is 0.432. The monoisotopic (exact) mass is 230 g/mol. The van der Waals surface area contributed by atoms with Gasteiger partial charge in [-0.2, -0.15) is 0 Å². The molecule has 0 saturated carbocycles. The largest absolute Gasteiger partial charge is 0.317 e. The summed E-state index contributed by atoms with van der Waals surface area (Å²) in [6.07, 6.45) is 5.62. The SMILES string of the molecule is c1cncc(-n2nnc(C3CCNCC3)n2)c1. The number of tetrazole rings is 1. The molecule has 0 aliphatic carbocycles. The Morgan fingerprint density at radius 3 is 2.94 bits per heavy atom. The van der Waals surface area contributed by atoms with E-state index in [1.54, 1.807) is 17.2 Å². The van der Waals surface area contributed by atoms with Crippen molar-refractivity contribution in [2.75, 3.05) is 13.1 Å². The predicted molar refractivity (Wildman–Crippen MR) is 61.8 cm³/mol. The molecule has 2 aromatic heterocycles. The number of rotatable bonds is 2. The van der Waals surface area contributed by atoms with Gasteiger partial charge in [-0.3, -0.25) is 4.98 Å². The van der Waals surface area contributed by atoms with Crippen LogP contribution in [-0.2, 0) is 0 Å². The zero-order valence-electron chi connectivity index (χ0n) is 9.45. The van der Waals surface area contributed by atoms with Gasteiger partial charge in [0.25, 0.3) is 0 Å². The van der Waals surface area contributed by atoms with Crippen LogP contribution in [0.3, 0.4) is 0 Å². The van der Waals surface area contributed by atoms with E-state index in [-0.39, 0.29) is 0 Å². The minimum Gasteiger partial charge on any atom is -0.317 e. The molecule has 88 valence electrons. The summed E-state index contributed by atoms with van der Waals surface area (Å²) in [5.74, 6) is 1.28. The van der Waals surface area contributed by atoms with E-state index in [1.807, 2.05) is 12.1 Å². The topological polar surface area (TPSA) is 68.5 Å². The van der Waals surface area contributed by atoms with Gasteiger partial charge in [-0.15, -0.1) is 15.0 Å². The lowest BCUT2D eigenvalue weighted by Crippen LogP contribution is -2.27. The molecule has 0 spiro atoms. The Labute approximate surface area is 99.1 Å². The van der Waals surface area contributed by atoms with Crippen LogP contribution in [0.2, 0.25) is 0 Å². The van der Waals surface area contributed by atoms with E-state index in [0.717, 1.165) is 37.4 Å². The van der Waals surface area contributed by atoms with Crippen molar-refractivity contribution in [2.24, 2.45) is 0 Å². The van der Waals surface area contributed by atoms with Gasteiger partial charge in [0.1, 0.15) is 5.69 Å². The maximum Gasteiger partial charge on any atom is 0.178 e. The number of nitrogens with zero attached hydrogens (tertiary/aromatic N) is 5. The van der Waals surface area contributed by atoms with Crippen molar-refractivity contribution < 1.29 is 0 Å². The first kappa shape index (κ1) is 10.3. The van der Waals surface area contributed by atoms with E-state index in [1.165, 1.54) is 0 Å². The van der Waals surface area contributed by atoms with Crippen molar-refractivity contribution in [1.29, 1.82) is 0 Å². The van der Waals surface area contributed by atoms with Crippen LogP contribution < -0.4 is 5.32 Å². The van der Waals surface area contributed by atoms with Crippen molar-refractivity contribution in [3.05, 3.63) is 30.4 Å². The van der Waals surface area contributed by atoms with Gasteiger partial charge in [0, 0.05) is 12.1 Å². The summed E-state index contributed by atoms with van der Waals surface area (Å²) in [5, 5.41) is 16.0. The van der Waals surface area contributed by atoms with Crippen LogP contribution >= 0.6 is 0 Å². The Morgan fingerprint density at radius 2 is 2.18 bits per heavy atom. The zero-order chi connectivity index (χ0) is 11.5. The second-order valence-corrected chi connectivity index (χ2v) is 4.17. The lowest BCUT2D eigenvalue weighted by molar-refractivity contribution is 0.444. The first-order valence-corrected chi connectivity index (χ1v) is 5.84. The van der Waals surface area contributed by atoms with Gasteiger partial charge in [-0.1, -0.05) is 0 Å². The van der Waals surface area contributed by atoms with Gasteiger partial charge in [0.2, 0.25) is 0 Å². The molecule has 0 unspecified atom stereocenters. The molecule has 0 aromatic carbocycles. The summed E-state index contributed by atoms with van der Waals surface area (Å²) >= 11 is 0. The predicted octanol–water partition coefficient (Wildman–Crippen LogP) is 0.524. The first-order valence-electron chi connectivity index (χ1n) is 5.84. The first-order chi connectivity index (χ1) is 8.43. The lowest BCUT2D eigenvalue weighted by Gasteiger charge is -2.18. The third-order valence-corrected chi connectivity index (χ3v) is 3.01. The molecule has 1 aliphatic heterocycles. The molecule has 1 aliphatic rings. The number of nitrogens with one attached hydrogen (secondary N) is 1. The van der Waals surface area contributed by atoms with Crippen molar-refractivity contribution in [2.45, 2.75) is 18.8 Å². The van der Waals surface area contributed by atoms with Gasteiger partial charge in [0.15, 0.2) is 5.82 Å². The van der Waals surface area contributed by atoms with E-state index in [2.05, 4.69) is 25.7 Å². The van der Waals surface area contributed by atoms with Gasteiger partial charge >= 0.3 is 0 Å². The van der Waals surface area contributed by atoms with E-state index in [9.17, 15) is 0 Å². The highest BCUT2D eigenvalue weighted by Crippen LogP contribution is 2.21. The maximum absolute atomic E-state index is 4.43. The summed E-state index contributed by atoms with van der Waals surface area (Å²) in [6.45, 7) is 2.07. The fourth-order valence-electron chi connectivity index (χ4n) is 2.05. The number of hydrogen-bond acceptors (Lipinski definition) is 5. The van der Waals surface area contributed by atoms with Crippen LogP contribution in [0.5, 0.6) is 0 Å². The van der Waals surface area contributed by atoms with Crippen LogP contribution in [-0.4, -0.2) is 38.3 Å². The van der Waals surface area contributed by atoms with Crippen LogP contribution in [0, 0.1) is 0 Å². The van der Waals surface area contributed by atoms with E-state index in [4.69, 9.17) is 0 Å². The van der Waals surface area contributed by atoms with Crippen molar-refractivity contribution in [1.82, 2.24) is 30.5 Å². The van der Waals surface area contributed by atoms with Crippen molar-refractivity contribution >= 4 is 0 Å². The number of pyridine rings is 1. The molecule has 0 atom stereocenters. The third-order valence-electron chi connectivity index (χ3n) is 3.01. The van der Waals surface area contributed by atoms with E-state index >= 15 is 0 Å². The molecular formula is C11H14N6. The molecule has 1 saturated heterocycles. The van der Waals surface area contributed by atoms with Gasteiger partial charge < -0.3 is 5.32 Å². The standard InChI is InChI=1S/C11H14N6/c1-2-10(8-13-5-1)17-15-11(14-16-17)9-3-6-12-7-4-9/h1-2,5,8-9,12H,3-4,6-7H2. The summed E-state index contributed by atoms with van der Waals surface area (Å²) in [7, 11) is 0. The lowest BCUT2D eigenvalue weighted by atomic mass is 9.98. The van der Waals surface area contributed by atoms with E-state index < -0.39 is 0 Å². The summed E-state index contributed by atoms with van der Waals surface area (Å²) < 4.78 is 0. The fraction of sp³-hybridized carbons (Fsp3) is 0.455. The number of piperidine rings is 1. The molecule has 2 aromatic rings. The highest BCUT2D eigenvalue weighted by Gasteiger charge is 2.20. The molecule has 6 nitrogen and oxygen atoms in total. The molecule has 1 fully saturated rings. The summed E-state index contributed by atoms with van der Waals surface area (Å²) in [5.41, 5.74) is 0.847. The molecule has 17 heavy (non-hydrogen) atoms. The maximum atomic E-state index is 4.43. The van der Waals surface area contributed by atoms with E-state index in [0.29, 0.717) is 5.92 Å². The Morgan fingerprint density at radius 1 is 1.29 bits per heavy atom. The molecule has 0 radical (unpaired) electrons.